The van der Waals surface area contributed by atoms with Crippen LogP contribution in [0.15, 0.2) is 18.2 Å². The molecular formula is C20H28N2O5. The highest BCUT2D eigenvalue weighted by molar-refractivity contribution is 5.97. The summed E-state index contributed by atoms with van der Waals surface area (Å²) in [5, 5.41) is 0. The maximum atomic E-state index is 13.0. The minimum absolute atomic E-state index is 0.0505. The van der Waals surface area contributed by atoms with Crippen LogP contribution in [0.1, 0.15) is 44.0 Å². The molecule has 27 heavy (non-hydrogen) atoms. The van der Waals surface area contributed by atoms with E-state index in [1.807, 2.05) is 20.8 Å². The third-order valence-electron chi connectivity index (χ3n) is 4.63. The van der Waals surface area contributed by atoms with Crippen molar-refractivity contribution < 1.29 is 23.8 Å². The van der Waals surface area contributed by atoms with Gasteiger partial charge in [-0.3, -0.25) is 4.79 Å². The van der Waals surface area contributed by atoms with Crippen LogP contribution in [0.5, 0.6) is 11.5 Å². The number of benzene rings is 1. The van der Waals surface area contributed by atoms with Crippen molar-refractivity contribution in [3.63, 3.8) is 0 Å². The Bertz CT molecular complexity index is 713. The van der Waals surface area contributed by atoms with Gasteiger partial charge in [0.2, 0.25) is 0 Å². The summed E-state index contributed by atoms with van der Waals surface area (Å²) >= 11 is 0. The molecule has 7 nitrogen and oxygen atoms in total. The minimum Gasteiger partial charge on any atom is -0.486 e. The fraction of sp³-hybridized carbons (Fsp3) is 0.600. The second-order valence-electron chi connectivity index (χ2n) is 7.99. The van der Waals surface area contributed by atoms with Crippen LogP contribution in [0.2, 0.25) is 0 Å². The quantitative estimate of drug-likeness (QED) is 0.811. The second-order valence-corrected chi connectivity index (χ2v) is 7.99. The van der Waals surface area contributed by atoms with Gasteiger partial charge in [0.1, 0.15) is 18.8 Å². The lowest BCUT2D eigenvalue weighted by Crippen LogP contribution is -2.45. The average molecular weight is 376 g/mol. The van der Waals surface area contributed by atoms with Gasteiger partial charge in [-0.1, -0.05) is 6.07 Å². The molecule has 0 N–H and O–H groups in total. The van der Waals surface area contributed by atoms with Gasteiger partial charge in [0, 0.05) is 20.1 Å². The number of nitrogens with zero attached hydrogens (tertiary/aromatic N) is 2. The van der Waals surface area contributed by atoms with Gasteiger partial charge in [0.25, 0.3) is 5.91 Å². The van der Waals surface area contributed by atoms with E-state index in [0.717, 1.165) is 12.8 Å². The number of hydrogen-bond acceptors (Lipinski definition) is 5. The van der Waals surface area contributed by atoms with E-state index in [4.69, 9.17) is 14.2 Å². The van der Waals surface area contributed by atoms with Crippen molar-refractivity contribution in [2.45, 2.75) is 45.3 Å². The largest absolute Gasteiger partial charge is 0.486 e. The van der Waals surface area contributed by atoms with Crippen molar-refractivity contribution in [2.75, 3.05) is 33.4 Å². The van der Waals surface area contributed by atoms with Crippen molar-refractivity contribution >= 4 is 12.0 Å². The highest BCUT2D eigenvalue weighted by atomic mass is 16.6. The van der Waals surface area contributed by atoms with E-state index in [2.05, 4.69) is 0 Å². The van der Waals surface area contributed by atoms with E-state index < -0.39 is 5.60 Å². The zero-order chi connectivity index (χ0) is 19.6. The molecule has 1 saturated heterocycles. The van der Waals surface area contributed by atoms with Crippen LogP contribution in [0.25, 0.3) is 0 Å². The molecule has 2 aliphatic heterocycles. The van der Waals surface area contributed by atoms with Crippen LogP contribution < -0.4 is 9.47 Å². The number of para-hydroxylation sites is 1. The molecule has 7 heteroatoms. The molecular weight excluding hydrogens is 348 g/mol. The third kappa shape index (κ3) is 4.46. The fourth-order valence-electron chi connectivity index (χ4n) is 3.43. The van der Waals surface area contributed by atoms with Crippen LogP contribution >= 0.6 is 0 Å². The first kappa shape index (κ1) is 19.3. The van der Waals surface area contributed by atoms with Crippen molar-refractivity contribution in [3.8, 4) is 11.5 Å². The Morgan fingerprint density at radius 3 is 2.74 bits per heavy atom. The number of hydrogen-bond donors (Lipinski definition) is 0. The lowest BCUT2D eigenvalue weighted by molar-refractivity contribution is 0.0199. The van der Waals surface area contributed by atoms with Gasteiger partial charge in [-0.2, -0.15) is 0 Å². The van der Waals surface area contributed by atoms with E-state index in [-0.39, 0.29) is 18.0 Å². The third-order valence-corrected chi connectivity index (χ3v) is 4.63. The maximum Gasteiger partial charge on any atom is 0.410 e. The molecule has 0 radical (unpaired) electrons. The Balaban J connectivity index is 1.69. The Morgan fingerprint density at radius 2 is 2.00 bits per heavy atom. The SMILES string of the molecule is CN(CC1CCCN1C(=O)OC(C)(C)C)C(=O)c1cccc2c1OCCO2. The van der Waals surface area contributed by atoms with Crippen LogP contribution in [-0.2, 0) is 4.74 Å². The average Bonchev–Trinajstić information content (AvgIpc) is 3.07. The van der Waals surface area contributed by atoms with Crippen LogP contribution in [0.4, 0.5) is 4.79 Å². The molecule has 0 aliphatic carbocycles. The smallest absolute Gasteiger partial charge is 0.410 e. The number of likely N-dealkylation sites (N-methyl/N-ethyl adjacent to an activating group) is 1. The molecule has 148 valence electrons. The predicted molar refractivity (Wildman–Crippen MR) is 100 cm³/mol. The molecule has 2 aliphatic rings. The molecule has 0 saturated carbocycles. The van der Waals surface area contributed by atoms with E-state index in [1.54, 1.807) is 35.0 Å². The van der Waals surface area contributed by atoms with Crippen LogP contribution in [0.3, 0.4) is 0 Å². The number of amides is 2. The lowest BCUT2D eigenvalue weighted by Gasteiger charge is -2.31. The second kappa shape index (κ2) is 7.66. The summed E-state index contributed by atoms with van der Waals surface area (Å²) in [5.41, 5.74) is -0.0524. The van der Waals surface area contributed by atoms with E-state index >= 15 is 0 Å². The van der Waals surface area contributed by atoms with Crippen LogP contribution in [-0.4, -0.2) is 66.8 Å². The van der Waals surface area contributed by atoms with Gasteiger partial charge in [-0.05, 0) is 45.7 Å². The molecule has 0 spiro atoms. The number of ether oxygens (including phenoxy) is 3. The Labute approximate surface area is 160 Å². The summed E-state index contributed by atoms with van der Waals surface area (Å²) in [4.78, 5) is 28.8. The summed E-state index contributed by atoms with van der Waals surface area (Å²) in [6.07, 6.45) is 1.44. The standard InChI is InChI=1S/C20H28N2O5/c1-20(2,3)27-19(24)22-10-6-7-14(22)13-21(4)18(23)15-8-5-9-16-17(15)26-12-11-25-16/h5,8-9,14H,6-7,10-13H2,1-4H3. The van der Waals surface area contributed by atoms with Gasteiger partial charge in [-0.15, -0.1) is 0 Å². The molecule has 1 aromatic carbocycles. The Morgan fingerprint density at radius 1 is 1.26 bits per heavy atom. The molecule has 3 rings (SSSR count). The molecule has 2 heterocycles. The van der Waals surface area contributed by atoms with Gasteiger partial charge in [-0.25, -0.2) is 4.79 Å². The molecule has 1 atom stereocenters. The molecule has 2 amide bonds. The van der Waals surface area contributed by atoms with Crippen molar-refractivity contribution in [1.29, 1.82) is 0 Å². The van der Waals surface area contributed by atoms with E-state index in [9.17, 15) is 9.59 Å². The molecule has 1 aromatic rings. The molecule has 0 bridgehead atoms. The van der Waals surface area contributed by atoms with Crippen molar-refractivity contribution in [1.82, 2.24) is 9.80 Å². The molecule has 1 unspecified atom stereocenters. The lowest BCUT2D eigenvalue weighted by atomic mass is 10.1. The van der Waals surface area contributed by atoms with Gasteiger partial charge in [0.15, 0.2) is 11.5 Å². The Kier molecular flexibility index (Phi) is 5.48. The highest BCUT2D eigenvalue weighted by Gasteiger charge is 2.34. The Hall–Kier alpha value is -2.44. The minimum atomic E-state index is -0.535. The van der Waals surface area contributed by atoms with Gasteiger partial charge < -0.3 is 24.0 Å². The topological polar surface area (TPSA) is 68.3 Å². The number of carbonyl (C=O) groups is 2. The first-order chi connectivity index (χ1) is 12.8. The van der Waals surface area contributed by atoms with E-state index in [0.29, 0.717) is 43.4 Å². The number of fused-ring (bicyclic) bond motifs is 1. The van der Waals surface area contributed by atoms with E-state index in [1.165, 1.54) is 0 Å². The number of likely N-dealkylation sites (tertiary alicyclic amines) is 1. The fourth-order valence-corrected chi connectivity index (χ4v) is 3.43. The van der Waals surface area contributed by atoms with Gasteiger partial charge in [0.05, 0.1) is 11.6 Å². The maximum absolute atomic E-state index is 13.0. The number of rotatable bonds is 3. The normalized spacial score (nSPS) is 19.0. The zero-order valence-electron chi connectivity index (χ0n) is 16.5. The summed E-state index contributed by atoms with van der Waals surface area (Å²) in [6.45, 7) is 7.57. The van der Waals surface area contributed by atoms with Gasteiger partial charge >= 0.3 is 6.09 Å². The summed E-state index contributed by atoms with van der Waals surface area (Å²) < 4.78 is 16.7. The monoisotopic (exact) mass is 376 g/mol. The first-order valence-electron chi connectivity index (χ1n) is 9.40. The zero-order valence-corrected chi connectivity index (χ0v) is 16.5. The van der Waals surface area contributed by atoms with Crippen molar-refractivity contribution in [3.05, 3.63) is 23.8 Å². The van der Waals surface area contributed by atoms with Crippen molar-refractivity contribution in [2.24, 2.45) is 0 Å². The first-order valence-corrected chi connectivity index (χ1v) is 9.40. The summed E-state index contributed by atoms with van der Waals surface area (Å²) in [6, 6.07) is 5.28. The summed E-state index contributed by atoms with van der Waals surface area (Å²) in [5.74, 6) is 0.946. The highest BCUT2D eigenvalue weighted by Crippen LogP contribution is 2.34. The molecule has 1 fully saturated rings. The molecule has 0 aromatic heterocycles. The summed E-state index contributed by atoms with van der Waals surface area (Å²) in [7, 11) is 1.75. The number of carbonyl (C=O) groups excluding carboxylic acids is 2. The van der Waals surface area contributed by atoms with Crippen LogP contribution in [0, 0.1) is 0 Å². The predicted octanol–water partition coefficient (Wildman–Crippen LogP) is 2.93.